The number of amides is 1. The molecule has 0 aliphatic carbocycles. The van der Waals surface area contributed by atoms with Gasteiger partial charge >= 0.3 is 0 Å². The standard InChI is InChI=1S/C19H21BrN2O3S/c1-12(2)11-25-17-7-5-4-6-15(17)21-19(26)22-18(23)13-8-9-16(24-3)14(20)10-13/h4-10,12H,11H2,1-3H3,(H2,21,22,23,26). The maximum atomic E-state index is 12.4. The van der Waals surface area contributed by atoms with Gasteiger partial charge in [-0.2, -0.15) is 0 Å². The van der Waals surface area contributed by atoms with Crippen LogP contribution in [0.2, 0.25) is 0 Å². The van der Waals surface area contributed by atoms with Crippen molar-refractivity contribution >= 4 is 44.9 Å². The molecule has 2 N–H and O–H groups in total. The molecule has 0 bridgehead atoms. The molecule has 0 aliphatic heterocycles. The molecule has 2 aromatic carbocycles. The van der Waals surface area contributed by atoms with E-state index >= 15 is 0 Å². The monoisotopic (exact) mass is 436 g/mol. The number of thiocarbonyl (C=S) groups is 1. The van der Waals surface area contributed by atoms with Crippen LogP contribution in [0.25, 0.3) is 0 Å². The number of anilines is 1. The smallest absolute Gasteiger partial charge is 0.257 e. The van der Waals surface area contributed by atoms with Crippen LogP contribution in [0.1, 0.15) is 24.2 Å². The minimum atomic E-state index is -0.313. The van der Waals surface area contributed by atoms with Crippen LogP contribution in [-0.4, -0.2) is 24.7 Å². The molecule has 26 heavy (non-hydrogen) atoms. The molecule has 0 aliphatic rings. The molecular weight excluding hydrogens is 416 g/mol. The van der Waals surface area contributed by atoms with Crippen LogP contribution in [0, 0.1) is 5.92 Å². The second-order valence-corrected chi connectivity index (χ2v) is 7.22. The zero-order valence-electron chi connectivity index (χ0n) is 14.8. The quantitative estimate of drug-likeness (QED) is 0.646. The zero-order chi connectivity index (χ0) is 19.1. The zero-order valence-corrected chi connectivity index (χ0v) is 17.2. The minimum absolute atomic E-state index is 0.197. The Bertz CT molecular complexity index is 796. The predicted octanol–water partition coefficient (Wildman–Crippen LogP) is 4.62. The molecule has 0 spiro atoms. The molecule has 0 heterocycles. The van der Waals surface area contributed by atoms with Gasteiger partial charge in [0.2, 0.25) is 0 Å². The first-order chi connectivity index (χ1) is 12.4. The third-order valence-electron chi connectivity index (χ3n) is 3.35. The number of carbonyl (C=O) groups is 1. The lowest BCUT2D eigenvalue weighted by Gasteiger charge is -2.15. The summed E-state index contributed by atoms with van der Waals surface area (Å²) in [6.07, 6.45) is 0. The molecule has 7 heteroatoms. The van der Waals surface area contributed by atoms with Gasteiger partial charge in [-0.25, -0.2) is 0 Å². The Labute approximate surface area is 167 Å². The lowest BCUT2D eigenvalue weighted by molar-refractivity contribution is 0.0977. The average molecular weight is 437 g/mol. The van der Waals surface area contributed by atoms with Crippen molar-refractivity contribution in [2.75, 3.05) is 19.0 Å². The van der Waals surface area contributed by atoms with Gasteiger partial charge in [-0.15, -0.1) is 0 Å². The van der Waals surface area contributed by atoms with Crippen molar-refractivity contribution in [2.45, 2.75) is 13.8 Å². The number of nitrogens with one attached hydrogen (secondary N) is 2. The fourth-order valence-electron chi connectivity index (χ4n) is 2.09. The van der Waals surface area contributed by atoms with E-state index in [-0.39, 0.29) is 11.0 Å². The Hall–Kier alpha value is -2.12. The van der Waals surface area contributed by atoms with Crippen molar-refractivity contribution < 1.29 is 14.3 Å². The molecular formula is C19H21BrN2O3S. The number of para-hydroxylation sites is 2. The summed E-state index contributed by atoms with van der Waals surface area (Å²) >= 11 is 8.62. The van der Waals surface area contributed by atoms with Crippen LogP contribution < -0.4 is 20.1 Å². The third kappa shape index (κ3) is 5.71. The molecule has 0 fully saturated rings. The number of hydrogen-bond donors (Lipinski definition) is 2. The Morgan fingerprint density at radius 3 is 2.58 bits per heavy atom. The van der Waals surface area contributed by atoms with Crippen LogP contribution in [-0.2, 0) is 0 Å². The van der Waals surface area contributed by atoms with E-state index in [0.29, 0.717) is 39.7 Å². The number of carbonyl (C=O) groups excluding carboxylic acids is 1. The molecule has 2 aromatic rings. The summed E-state index contributed by atoms with van der Waals surface area (Å²) in [6.45, 7) is 4.75. The number of methoxy groups -OCH3 is 1. The molecule has 0 saturated heterocycles. The van der Waals surface area contributed by atoms with E-state index in [4.69, 9.17) is 21.7 Å². The highest BCUT2D eigenvalue weighted by Gasteiger charge is 2.12. The molecule has 138 valence electrons. The van der Waals surface area contributed by atoms with Crippen molar-refractivity contribution in [3.8, 4) is 11.5 Å². The second-order valence-electron chi connectivity index (χ2n) is 5.96. The van der Waals surface area contributed by atoms with Gasteiger partial charge in [-0.1, -0.05) is 26.0 Å². The molecule has 0 saturated carbocycles. The minimum Gasteiger partial charge on any atom is -0.496 e. The lowest BCUT2D eigenvalue weighted by Crippen LogP contribution is -2.34. The molecule has 0 atom stereocenters. The highest BCUT2D eigenvalue weighted by atomic mass is 79.9. The predicted molar refractivity (Wildman–Crippen MR) is 111 cm³/mol. The van der Waals surface area contributed by atoms with Gasteiger partial charge < -0.3 is 14.8 Å². The highest BCUT2D eigenvalue weighted by Crippen LogP contribution is 2.26. The molecule has 5 nitrogen and oxygen atoms in total. The summed E-state index contributed by atoms with van der Waals surface area (Å²) in [7, 11) is 1.57. The average Bonchev–Trinajstić information content (AvgIpc) is 2.60. The van der Waals surface area contributed by atoms with E-state index < -0.39 is 0 Å². The van der Waals surface area contributed by atoms with Crippen molar-refractivity contribution in [2.24, 2.45) is 5.92 Å². The van der Waals surface area contributed by atoms with Gasteiger partial charge in [-0.3, -0.25) is 10.1 Å². The Morgan fingerprint density at radius 2 is 1.92 bits per heavy atom. The van der Waals surface area contributed by atoms with E-state index in [1.54, 1.807) is 25.3 Å². The van der Waals surface area contributed by atoms with Crippen molar-refractivity contribution in [3.63, 3.8) is 0 Å². The number of benzene rings is 2. The van der Waals surface area contributed by atoms with E-state index in [9.17, 15) is 4.79 Å². The second kappa shape index (κ2) is 9.54. The largest absolute Gasteiger partial charge is 0.496 e. The number of rotatable bonds is 6. The molecule has 1 amide bonds. The van der Waals surface area contributed by atoms with Crippen LogP contribution in [0.15, 0.2) is 46.9 Å². The topological polar surface area (TPSA) is 59.6 Å². The Morgan fingerprint density at radius 1 is 1.19 bits per heavy atom. The van der Waals surface area contributed by atoms with Gasteiger partial charge in [0.25, 0.3) is 5.91 Å². The van der Waals surface area contributed by atoms with Crippen molar-refractivity contribution in [3.05, 3.63) is 52.5 Å². The van der Waals surface area contributed by atoms with Gasteiger partial charge in [0.05, 0.1) is 23.9 Å². The third-order valence-corrected chi connectivity index (χ3v) is 4.17. The summed E-state index contributed by atoms with van der Waals surface area (Å²) < 4.78 is 11.6. The van der Waals surface area contributed by atoms with Crippen LogP contribution >= 0.6 is 28.1 Å². The van der Waals surface area contributed by atoms with Gasteiger partial charge in [0.15, 0.2) is 5.11 Å². The van der Waals surface area contributed by atoms with Gasteiger partial charge in [-0.05, 0) is 64.4 Å². The van der Waals surface area contributed by atoms with Crippen LogP contribution in [0.3, 0.4) is 0 Å². The number of hydrogen-bond acceptors (Lipinski definition) is 4. The van der Waals surface area contributed by atoms with Crippen LogP contribution in [0.4, 0.5) is 5.69 Å². The number of halogens is 1. The number of ether oxygens (including phenoxy) is 2. The SMILES string of the molecule is COc1ccc(C(=O)NC(=S)Nc2ccccc2OCC(C)C)cc1Br. The fourth-order valence-corrected chi connectivity index (χ4v) is 2.83. The summed E-state index contributed by atoms with van der Waals surface area (Å²) in [5, 5.41) is 5.87. The first-order valence-electron chi connectivity index (χ1n) is 8.08. The molecule has 0 aromatic heterocycles. The maximum Gasteiger partial charge on any atom is 0.257 e. The van der Waals surface area contributed by atoms with Crippen molar-refractivity contribution in [1.29, 1.82) is 0 Å². The highest BCUT2D eigenvalue weighted by molar-refractivity contribution is 9.10. The van der Waals surface area contributed by atoms with Gasteiger partial charge in [0.1, 0.15) is 11.5 Å². The summed E-state index contributed by atoms with van der Waals surface area (Å²) in [5.74, 6) is 1.43. The van der Waals surface area contributed by atoms with E-state index in [0.717, 1.165) is 0 Å². The Kier molecular flexibility index (Phi) is 7.41. The summed E-state index contributed by atoms with van der Waals surface area (Å²) in [4.78, 5) is 12.4. The summed E-state index contributed by atoms with van der Waals surface area (Å²) in [5.41, 5.74) is 1.17. The lowest BCUT2D eigenvalue weighted by atomic mass is 10.2. The van der Waals surface area contributed by atoms with E-state index in [1.807, 2.05) is 24.3 Å². The fraction of sp³-hybridized carbons (Fsp3) is 0.263. The first kappa shape index (κ1) is 20.2. The van der Waals surface area contributed by atoms with Crippen LogP contribution in [0.5, 0.6) is 11.5 Å². The van der Waals surface area contributed by atoms with Crippen molar-refractivity contribution in [1.82, 2.24) is 5.32 Å². The molecule has 0 radical (unpaired) electrons. The first-order valence-corrected chi connectivity index (χ1v) is 9.28. The normalized spacial score (nSPS) is 10.3. The molecule has 2 rings (SSSR count). The summed E-state index contributed by atoms with van der Waals surface area (Å²) in [6, 6.07) is 12.5. The van der Waals surface area contributed by atoms with Gasteiger partial charge in [0, 0.05) is 5.56 Å². The van der Waals surface area contributed by atoms with E-state index in [1.165, 1.54) is 0 Å². The Balaban J connectivity index is 2.02. The maximum absolute atomic E-state index is 12.4. The van der Waals surface area contributed by atoms with E-state index in [2.05, 4.69) is 40.4 Å². The molecule has 0 unspecified atom stereocenters.